The number of nitrogens with one attached hydrogen (secondary N) is 1. The van der Waals surface area contributed by atoms with E-state index in [0.29, 0.717) is 6.04 Å². The zero-order chi connectivity index (χ0) is 15.9. The number of aromatic nitrogens is 2. The summed E-state index contributed by atoms with van der Waals surface area (Å²) in [7, 11) is 0. The Kier molecular flexibility index (Phi) is 5.61. The molecule has 23 heavy (non-hydrogen) atoms. The zero-order valence-corrected chi connectivity index (χ0v) is 13.7. The molecule has 4 nitrogen and oxygen atoms in total. The molecule has 4 heteroatoms. The minimum Gasteiger partial charge on any atom is -0.372 e. The second-order valence-electron chi connectivity index (χ2n) is 5.89. The van der Waals surface area contributed by atoms with Crippen molar-refractivity contribution < 1.29 is 4.74 Å². The number of benzene rings is 1. The minimum atomic E-state index is 0.106. The molecule has 0 unspecified atom stereocenters. The molecule has 3 rings (SSSR count). The third-order valence-corrected chi connectivity index (χ3v) is 4.24. The Morgan fingerprint density at radius 2 is 2.22 bits per heavy atom. The normalized spacial score (nSPS) is 21.8. The van der Waals surface area contributed by atoms with Crippen molar-refractivity contribution in [3.8, 4) is 0 Å². The van der Waals surface area contributed by atoms with Crippen molar-refractivity contribution in [2.45, 2.75) is 38.5 Å². The van der Waals surface area contributed by atoms with Crippen molar-refractivity contribution in [2.24, 2.45) is 0 Å². The highest BCUT2D eigenvalue weighted by molar-refractivity contribution is 5.48. The highest BCUT2D eigenvalue weighted by atomic mass is 16.5. The predicted molar refractivity (Wildman–Crippen MR) is 93.1 cm³/mol. The number of ether oxygens (including phenoxy) is 1. The summed E-state index contributed by atoms with van der Waals surface area (Å²) in [5, 5.41) is 7.99. The third kappa shape index (κ3) is 4.30. The van der Waals surface area contributed by atoms with E-state index >= 15 is 0 Å². The van der Waals surface area contributed by atoms with E-state index in [9.17, 15) is 0 Å². The molecule has 122 valence electrons. The van der Waals surface area contributed by atoms with E-state index in [2.05, 4.69) is 60.0 Å². The lowest BCUT2D eigenvalue weighted by atomic mass is 9.98. The highest BCUT2D eigenvalue weighted by Gasteiger charge is 2.27. The van der Waals surface area contributed by atoms with Crippen LogP contribution in [-0.2, 0) is 11.3 Å². The Morgan fingerprint density at radius 3 is 3.00 bits per heavy atom. The molecule has 1 aromatic heterocycles. The van der Waals surface area contributed by atoms with Crippen molar-refractivity contribution in [2.75, 3.05) is 13.2 Å². The maximum atomic E-state index is 6.01. The molecule has 1 aromatic carbocycles. The van der Waals surface area contributed by atoms with Crippen LogP contribution < -0.4 is 5.32 Å². The van der Waals surface area contributed by atoms with Crippen LogP contribution >= 0.6 is 0 Å². The maximum absolute atomic E-state index is 6.01. The van der Waals surface area contributed by atoms with Gasteiger partial charge in [-0.2, -0.15) is 5.10 Å². The molecule has 0 amide bonds. The lowest BCUT2D eigenvalue weighted by molar-refractivity contribution is -0.00970. The summed E-state index contributed by atoms with van der Waals surface area (Å²) < 4.78 is 7.97. The molecule has 0 radical (unpaired) electrons. The van der Waals surface area contributed by atoms with Gasteiger partial charge in [0.15, 0.2) is 0 Å². The van der Waals surface area contributed by atoms with Gasteiger partial charge in [0.1, 0.15) is 6.10 Å². The van der Waals surface area contributed by atoms with Crippen LogP contribution in [0.3, 0.4) is 0 Å². The van der Waals surface area contributed by atoms with Crippen LogP contribution in [0.4, 0.5) is 0 Å². The Morgan fingerprint density at radius 1 is 1.35 bits per heavy atom. The van der Waals surface area contributed by atoms with Gasteiger partial charge in [0, 0.05) is 37.5 Å². The number of aryl methyl sites for hydroxylation is 1. The average Bonchev–Trinajstić information content (AvgIpc) is 3.09. The lowest BCUT2D eigenvalue weighted by Crippen LogP contribution is -2.39. The van der Waals surface area contributed by atoms with Crippen molar-refractivity contribution >= 4 is 6.08 Å². The maximum Gasteiger partial charge on any atom is 0.101 e. The van der Waals surface area contributed by atoms with Gasteiger partial charge in [0.25, 0.3) is 0 Å². The molecule has 0 bridgehead atoms. The Labute approximate surface area is 138 Å². The van der Waals surface area contributed by atoms with Crippen LogP contribution in [0.2, 0.25) is 0 Å². The molecule has 2 aromatic rings. The first-order chi connectivity index (χ1) is 11.4. The van der Waals surface area contributed by atoms with E-state index < -0.39 is 0 Å². The Bertz CT molecular complexity index is 621. The van der Waals surface area contributed by atoms with Crippen LogP contribution in [0.5, 0.6) is 0 Å². The second-order valence-corrected chi connectivity index (χ2v) is 5.89. The topological polar surface area (TPSA) is 39.1 Å². The van der Waals surface area contributed by atoms with Gasteiger partial charge in [0.2, 0.25) is 0 Å². The molecule has 0 saturated carbocycles. The van der Waals surface area contributed by atoms with Crippen LogP contribution in [0.1, 0.15) is 37.0 Å². The molecule has 0 spiro atoms. The van der Waals surface area contributed by atoms with Crippen LogP contribution in [0.15, 0.2) is 48.8 Å². The van der Waals surface area contributed by atoms with Crippen molar-refractivity contribution in [1.82, 2.24) is 15.1 Å². The molecule has 1 aliphatic heterocycles. The standard InChI is InChI=1S/C19H25N3O/c1-2-22-15-17(14-21-22)19-18(11-7-13-23-19)20-12-6-10-16-8-4-3-5-9-16/h3-6,8-10,14-15,18-20H,2,7,11-13H2,1H3/b10-6+/t18-,19+/m0/s1. The third-order valence-electron chi connectivity index (χ3n) is 4.24. The summed E-state index contributed by atoms with van der Waals surface area (Å²) in [5.74, 6) is 0. The molecule has 2 atom stereocenters. The minimum absolute atomic E-state index is 0.106. The second kappa shape index (κ2) is 8.09. The van der Waals surface area contributed by atoms with Crippen LogP contribution in [-0.4, -0.2) is 29.0 Å². The van der Waals surface area contributed by atoms with Gasteiger partial charge >= 0.3 is 0 Å². The number of hydrogen-bond acceptors (Lipinski definition) is 3. The fourth-order valence-corrected chi connectivity index (χ4v) is 3.00. The SMILES string of the molecule is CCn1cc([C@H]2OCCC[C@@H]2NC/C=C/c2ccccc2)cn1. The van der Waals surface area contributed by atoms with Gasteiger partial charge in [-0.1, -0.05) is 42.5 Å². The molecule has 1 saturated heterocycles. The van der Waals surface area contributed by atoms with E-state index in [1.54, 1.807) is 0 Å². The van der Waals surface area contributed by atoms with Crippen molar-refractivity contribution in [1.29, 1.82) is 0 Å². The van der Waals surface area contributed by atoms with E-state index in [-0.39, 0.29) is 6.10 Å². The number of hydrogen-bond donors (Lipinski definition) is 1. The fraction of sp³-hybridized carbons (Fsp3) is 0.421. The van der Waals surface area contributed by atoms with Gasteiger partial charge in [-0.3, -0.25) is 4.68 Å². The van der Waals surface area contributed by atoms with Gasteiger partial charge in [-0.25, -0.2) is 0 Å². The van der Waals surface area contributed by atoms with E-state index in [1.165, 1.54) is 11.1 Å². The van der Waals surface area contributed by atoms with Crippen molar-refractivity contribution in [3.63, 3.8) is 0 Å². The Balaban J connectivity index is 1.57. The number of rotatable bonds is 6. The fourth-order valence-electron chi connectivity index (χ4n) is 3.00. The zero-order valence-electron chi connectivity index (χ0n) is 13.7. The summed E-state index contributed by atoms with van der Waals surface area (Å²) in [5.41, 5.74) is 2.41. The van der Waals surface area contributed by atoms with E-state index in [0.717, 1.165) is 32.5 Å². The molecular formula is C19H25N3O. The largest absolute Gasteiger partial charge is 0.372 e. The van der Waals surface area contributed by atoms with E-state index in [1.807, 2.05) is 16.9 Å². The molecule has 1 aliphatic rings. The van der Waals surface area contributed by atoms with Crippen LogP contribution in [0.25, 0.3) is 6.08 Å². The predicted octanol–water partition coefficient (Wildman–Crippen LogP) is 3.43. The molecule has 1 fully saturated rings. The molecule has 0 aliphatic carbocycles. The lowest BCUT2D eigenvalue weighted by Gasteiger charge is -2.31. The first kappa shape index (κ1) is 16.0. The summed E-state index contributed by atoms with van der Waals surface area (Å²) in [6, 6.07) is 10.7. The van der Waals surface area contributed by atoms with Gasteiger partial charge < -0.3 is 10.1 Å². The average molecular weight is 311 g/mol. The summed E-state index contributed by atoms with van der Waals surface area (Å²) in [6.45, 7) is 4.68. The smallest absolute Gasteiger partial charge is 0.101 e. The van der Waals surface area contributed by atoms with Gasteiger partial charge in [0.05, 0.1) is 6.20 Å². The monoisotopic (exact) mass is 311 g/mol. The summed E-state index contributed by atoms with van der Waals surface area (Å²) in [6.07, 6.45) is 10.7. The molecular weight excluding hydrogens is 286 g/mol. The van der Waals surface area contributed by atoms with Crippen molar-refractivity contribution in [3.05, 3.63) is 59.9 Å². The molecule has 2 heterocycles. The quantitative estimate of drug-likeness (QED) is 0.888. The first-order valence-corrected chi connectivity index (χ1v) is 8.45. The van der Waals surface area contributed by atoms with E-state index in [4.69, 9.17) is 4.74 Å². The van der Waals surface area contributed by atoms with Gasteiger partial charge in [-0.05, 0) is 25.3 Å². The highest BCUT2D eigenvalue weighted by Crippen LogP contribution is 2.28. The Hall–Kier alpha value is -1.91. The first-order valence-electron chi connectivity index (χ1n) is 8.45. The summed E-state index contributed by atoms with van der Waals surface area (Å²) >= 11 is 0. The molecule has 1 N–H and O–H groups in total. The van der Waals surface area contributed by atoms with Gasteiger partial charge in [-0.15, -0.1) is 0 Å². The van der Waals surface area contributed by atoms with Crippen LogP contribution in [0, 0.1) is 0 Å². The summed E-state index contributed by atoms with van der Waals surface area (Å²) in [4.78, 5) is 0. The number of nitrogens with zero attached hydrogens (tertiary/aromatic N) is 2.